The molecule has 0 heterocycles. The van der Waals surface area contributed by atoms with Crippen molar-refractivity contribution in [3.05, 3.63) is 12.2 Å². The first-order chi connectivity index (χ1) is 20.9. The van der Waals surface area contributed by atoms with E-state index in [-0.39, 0.29) is 18.9 Å². The predicted molar refractivity (Wildman–Crippen MR) is 179 cm³/mol. The minimum absolute atomic E-state index is 0.0761. The van der Waals surface area contributed by atoms with E-state index in [1.54, 1.807) is 0 Å². The van der Waals surface area contributed by atoms with E-state index in [0.717, 1.165) is 70.6 Å². The third kappa shape index (κ3) is 29.1. The third-order valence-electron chi connectivity index (χ3n) is 8.93. The van der Waals surface area contributed by atoms with Crippen molar-refractivity contribution in [2.45, 2.75) is 193 Å². The Labute approximate surface area is 265 Å². The van der Waals surface area contributed by atoms with Gasteiger partial charge in [0.05, 0.1) is 18.6 Å². The molecule has 0 saturated heterocycles. The van der Waals surface area contributed by atoms with E-state index in [1.807, 2.05) is 0 Å². The average Bonchev–Trinajstić information content (AvgIpc) is 2.98. The monoisotopic (exact) mass is 611 g/mol. The molecule has 0 aromatic carbocycles. The SMILES string of the molecule is CCCCCCCCCCCCCC(CCCCCCCC/C=C\CCCCCCCC(=O)O)C(CC(O)CO)C(=O)O. The highest BCUT2D eigenvalue weighted by Gasteiger charge is 2.29. The Morgan fingerprint density at radius 1 is 0.581 bits per heavy atom. The largest absolute Gasteiger partial charge is 0.481 e. The summed E-state index contributed by atoms with van der Waals surface area (Å²) in [4.78, 5) is 22.6. The van der Waals surface area contributed by atoms with Crippen molar-refractivity contribution in [3.8, 4) is 0 Å². The molecule has 0 radical (unpaired) electrons. The van der Waals surface area contributed by atoms with Gasteiger partial charge in [0.1, 0.15) is 0 Å². The molecule has 0 aromatic heterocycles. The molecule has 0 saturated carbocycles. The van der Waals surface area contributed by atoms with Gasteiger partial charge in [-0.05, 0) is 57.3 Å². The van der Waals surface area contributed by atoms with E-state index in [9.17, 15) is 24.9 Å². The predicted octanol–water partition coefficient (Wildman–Crippen LogP) is 10.2. The molecule has 0 aromatic rings. The van der Waals surface area contributed by atoms with Gasteiger partial charge >= 0.3 is 11.9 Å². The van der Waals surface area contributed by atoms with Crippen molar-refractivity contribution in [3.63, 3.8) is 0 Å². The number of hydrogen-bond acceptors (Lipinski definition) is 4. The smallest absolute Gasteiger partial charge is 0.306 e. The Bertz CT molecular complexity index is 649. The normalized spacial score (nSPS) is 13.8. The maximum atomic E-state index is 12.1. The highest BCUT2D eigenvalue weighted by Crippen LogP contribution is 2.30. The maximum Gasteiger partial charge on any atom is 0.306 e. The van der Waals surface area contributed by atoms with Gasteiger partial charge in [0.15, 0.2) is 0 Å². The van der Waals surface area contributed by atoms with Crippen LogP contribution in [-0.4, -0.2) is 45.1 Å². The topological polar surface area (TPSA) is 115 Å². The van der Waals surface area contributed by atoms with Gasteiger partial charge in [-0.25, -0.2) is 0 Å². The number of aliphatic hydroxyl groups is 2. The van der Waals surface area contributed by atoms with Gasteiger partial charge in [0.2, 0.25) is 0 Å². The van der Waals surface area contributed by atoms with Crippen LogP contribution >= 0.6 is 0 Å². The summed E-state index contributed by atoms with van der Waals surface area (Å²) in [6, 6.07) is 0. The van der Waals surface area contributed by atoms with Crippen LogP contribution in [-0.2, 0) is 9.59 Å². The van der Waals surface area contributed by atoms with Gasteiger partial charge in [-0.2, -0.15) is 0 Å². The van der Waals surface area contributed by atoms with Crippen molar-refractivity contribution in [1.82, 2.24) is 0 Å². The number of aliphatic hydroxyl groups excluding tert-OH is 2. The summed E-state index contributed by atoms with van der Waals surface area (Å²) in [7, 11) is 0. The summed E-state index contributed by atoms with van der Waals surface area (Å²) >= 11 is 0. The van der Waals surface area contributed by atoms with Crippen LogP contribution in [0.2, 0.25) is 0 Å². The number of hydrogen-bond donors (Lipinski definition) is 4. The van der Waals surface area contributed by atoms with Crippen LogP contribution in [0.25, 0.3) is 0 Å². The van der Waals surface area contributed by atoms with Gasteiger partial charge in [-0.15, -0.1) is 0 Å². The summed E-state index contributed by atoms with van der Waals surface area (Å²) in [5, 5.41) is 37.8. The van der Waals surface area contributed by atoms with Crippen LogP contribution in [0.3, 0.4) is 0 Å². The van der Waals surface area contributed by atoms with Crippen molar-refractivity contribution in [1.29, 1.82) is 0 Å². The Hall–Kier alpha value is -1.40. The van der Waals surface area contributed by atoms with Crippen LogP contribution in [0.15, 0.2) is 12.2 Å². The summed E-state index contributed by atoms with van der Waals surface area (Å²) in [5.74, 6) is -2.02. The first kappa shape index (κ1) is 41.6. The molecule has 0 aliphatic carbocycles. The second kappa shape index (κ2) is 32.0. The summed E-state index contributed by atoms with van der Waals surface area (Å²) in [6.45, 7) is 1.88. The van der Waals surface area contributed by atoms with Crippen LogP contribution < -0.4 is 0 Å². The Morgan fingerprint density at radius 3 is 1.37 bits per heavy atom. The number of carboxylic acid groups (broad SMARTS) is 2. The molecule has 0 rings (SSSR count). The molecule has 254 valence electrons. The number of aliphatic carboxylic acids is 2. The molecule has 6 heteroatoms. The highest BCUT2D eigenvalue weighted by atomic mass is 16.4. The minimum atomic E-state index is -0.953. The molecule has 0 fully saturated rings. The van der Waals surface area contributed by atoms with Crippen molar-refractivity contribution < 1.29 is 30.0 Å². The van der Waals surface area contributed by atoms with Gasteiger partial charge in [0, 0.05) is 6.42 Å². The Kier molecular flexibility index (Phi) is 31.0. The average molecular weight is 611 g/mol. The van der Waals surface area contributed by atoms with Crippen LogP contribution in [0.5, 0.6) is 0 Å². The molecule has 0 spiro atoms. The van der Waals surface area contributed by atoms with E-state index >= 15 is 0 Å². The zero-order valence-corrected chi connectivity index (χ0v) is 28.0. The fourth-order valence-electron chi connectivity index (χ4n) is 6.16. The lowest BCUT2D eigenvalue weighted by Gasteiger charge is -2.25. The summed E-state index contributed by atoms with van der Waals surface area (Å²) in [5.41, 5.74) is 0. The lowest BCUT2D eigenvalue weighted by Crippen LogP contribution is -2.29. The Balaban J connectivity index is 4.08. The van der Waals surface area contributed by atoms with E-state index in [1.165, 1.54) is 96.3 Å². The van der Waals surface area contributed by atoms with Gasteiger partial charge in [0.25, 0.3) is 0 Å². The van der Waals surface area contributed by atoms with Crippen LogP contribution in [0, 0.1) is 11.8 Å². The lowest BCUT2D eigenvalue weighted by atomic mass is 9.80. The molecular formula is C37H70O6. The fourth-order valence-corrected chi connectivity index (χ4v) is 6.16. The van der Waals surface area contributed by atoms with E-state index in [0.29, 0.717) is 6.42 Å². The number of rotatable bonds is 34. The first-order valence-electron chi connectivity index (χ1n) is 18.3. The summed E-state index contributed by atoms with van der Waals surface area (Å²) < 4.78 is 0. The second-order valence-corrected chi connectivity index (χ2v) is 13.0. The van der Waals surface area contributed by atoms with Crippen LogP contribution in [0.4, 0.5) is 0 Å². The molecule has 0 bridgehead atoms. The third-order valence-corrected chi connectivity index (χ3v) is 8.93. The van der Waals surface area contributed by atoms with E-state index in [4.69, 9.17) is 5.11 Å². The lowest BCUT2D eigenvalue weighted by molar-refractivity contribution is -0.145. The van der Waals surface area contributed by atoms with Crippen molar-refractivity contribution in [2.24, 2.45) is 11.8 Å². The minimum Gasteiger partial charge on any atom is -0.481 e. The van der Waals surface area contributed by atoms with Crippen molar-refractivity contribution in [2.75, 3.05) is 6.61 Å². The molecule has 6 nitrogen and oxygen atoms in total. The fraction of sp³-hybridized carbons (Fsp3) is 0.892. The Morgan fingerprint density at radius 2 is 0.977 bits per heavy atom. The van der Waals surface area contributed by atoms with Crippen LogP contribution in [0.1, 0.15) is 187 Å². The highest BCUT2D eigenvalue weighted by molar-refractivity contribution is 5.70. The first-order valence-corrected chi connectivity index (χ1v) is 18.3. The zero-order chi connectivity index (χ0) is 31.8. The molecule has 0 aliphatic rings. The van der Waals surface area contributed by atoms with E-state index in [2.05, 4.69) is 19.1 Å². The molecule has 3 unspecified atom stereocenters. The maximum absolute atomic E-state index is 12.1. The molecular weight excluding hydrogens is 540 g/mol. The summed E-state index contributed by atoms with van der Waals surface area (Å²) in [6.07, 6.45) is 34.6. The molecule has 3 atom stereocenters. The van der Waals surface area contributed by atoms with Gasteiger partial charge in [-0.3, -0.25) is 9.59 Å². The standard InChI is InChI=1S/C37H70O6/c1-2-3-4-5-6-7-13-16-19-22-25-28-33(35(37(42)43)31-34(39)32-38)29-26-23-20-17-14-11-9-8-10-12-15-18-21-24-27-30-36(40)41/h8,10,33-35,38-39H,2-7,9,11-32H2,1H3,(H,40,41)(H,42,43)/b10-8-. The van der Waals surface area contributed by atoms with E-state index < -0.39 is 24.0 Å². The molecule has 4 N–H and O–H groups in total. The van der Waals surface area contributed by atoms with Gasteiger partial charge < -0.3 is 20.4 Å². The molecule has 0 amide bonds. The second-order valence-electron chi connectivity index (χ2n) is 13.0. The number of allylic oxidation sites excluding steroid dienone is 2. The number of unbranched alkanes of at least 4 members (excludes halogenated alkanes) is 21. The molecule has 0 aliphatic heterocycles. The number of carbonyl (C=O) groups is 2. The number of carboxylic acids is 2. The quantitative estimate of drug-likeness (QED) is 0.0426. The zero-order valence-electron chi connectivity index (χ0n) is 28.0. The van der Waals surface area contributed by atoms with Crippen molar-refractivity contribution >= 4 is 11.9 Å². The molecule has 43 heavy (non-hydrogen) atoms. The van der Waals surface area contributed by atoms with Gasteiger partial charge in [-0.1, -0.05) is 141 Å².